The van der Waals surface area contributed by atoms with Gasteiger partial charge in [-0.25, -0.2) is 23.9 Å². The van der Waals surface area contributed by atoms with Crippen LogP contribution in [0.5, 0.6) is 0 Å². The highest BCUT2D eigenvalue weighted by Crippen LogP contribution is 2.32. The van der Waals surface area contributed by atoms with Gasteiger partial charge in [0.15, 0.2) is 5.58 Å². The van der Waals surface area contributed by atoms with Crippen molar-refractivity contribution in [2.24, 2.45) is 0 Å². The average Bonchev–Trinajstić information content (AvgIpc) is 3.57. The van der Waals surface area contributed by atoms with Crippen molar-refractivity contribution in [3.8, 4) is 22.6 Å². The first-order chi connectivity index (χ1) is 19.6. The molecular formula is C24H21F7N6O5. The lowest BCUT2D eigenvalue weighted by atomic mass is 10.1. The zero-order valence-electron chi connectivity index (χ0n) is 21.1. The molecule has 4 heterocycles. The summed E-state index contributed by atoms with van der Waals surface area (Å²) in [5.41, 5.74) is 9.40. The van der Waals surface area contributed by atoms with Gasteiger partial charge in [-0.2, -0.15) is 31.4 Å². The standard InChI is InChI=1S/C20H19FN6O.2C2HF3O2/c21-14-1-2-17-18(8-14)28-20(26-17)16-7-12(9-24-19(16)22)13-10-25-27(11-13)15-3-5-23-6-4-15;2*3-2(4,5)1(6)7/h1-2,7-11,15,23H,3-6H2,(H2,22,24);2*(H,6,7). The number of carbonyl (C=O) groups is 2. The van der Waals surface area contributed by atoms with E-state index >= 15 is 0 Å². The number of pyridine rings is 1. The Kier molecular flexibility index (Phi) is 9.71. The predicted molar refractivity (Wildman–Crippen MR) is 131 cm³/mol. The minimum absolute atomic E-state index is 0.307. The number of nitrogens with zero attached hydrogens (tertiary/aromatic N) is 4. The Morgan fingerprint density at radius 3 is 2.14 bits per heavy atom. The number of nitrogens with two attached hydrogens (primary N) is 1. The molecule has 0 atom stereocenters. The van der Waals surface area contributed by atoms with Crippen molar-refractivity contribution in [2.45, 2.75) is 31.2 Å². The molecule has 5 rings (SSSR count). The van der Waals surface area contributed by atoms with Gasteiger partial charge in [0.05, 0.1) is 17.8 Å². The normalized spacial score (nSPS) is 14.0. The molecule has 0 unspecified atom stereocenters. The summed E-state index contributed by atoms with van der Waals surface area (Å²) in [6.45, 7) is 2.01. The molecule has 1 aromatic carbocycles. The number of carboxylic acids is 2. The van der Waals surface area contributed by atoms with Gasteiger partial charge in [-0.1, -0.05) is 0 Å². The first kappa shape index (κ1) is 31.8. The number of rotatable bonds is 3. The van der Waals surface area contributed by atoms with E-state index in [0.717, 1.165) is 37.1 Å². The molecule has 0 spiro atoms. The van der Waals surface area contributed by atoms with E-state index in [1.165, 1.54) is 12.1 Å². The smallest absolute Gasteiger partial charge is 0.475 e. The van der Waals surface area contributed by atoms with Crippen molar-refractivity contribution < 1.29 is 55.0 Å². The van der Waals surface area contributed by atoms with Crippen LogP contribution in [0.3, 0.4) is 0 Å². The minimum atomic E-state index is -5.08. The van der Waals surface area contributed by atoms with E-state index in [1.54, 1.807) is 12.3 Å². The van der Waals surface area contributed by atoms with E-state index in [4.69, 9.17) is 30.0 Å². The van der Waals surface area contributed by atoms with Crippen LogP contribution in [0.2, 0.25) is 0 Å². The molecule has 226 valence electrons. The number of hydrogen-bond acceptors (Lipinski definition) is 8. The third-order valence-electron chi connectivity index (χ3n) is 5.60. The predicted octanol–water partition coefficient (Wildman–Crippen LogP) is 4.67. The Balaban J connectivity index is 0.000000289. The highest BCUT2D eigenvalue weighted by Gasteiger charge is 2.38. The third-order valence-corrected chi connectivity index (χ3v) is 5.60. The summed E-state index contributed by atoms with van der Waals surface area (Å²) in [5, 5.41) is 22.1. The molecule has 5 N–H and O–H groups in total. The van der Waals surface area contributed by atoms with Gasteiger partial charge in [-0.15, -0.1) is 0 Å². The number of anilines is 1. The molecule has 1 saturated heterocycles. The summed E-state index contributed by atoms with van der Waals surface area (Å²) in [7, 11) is 0. The summed E-state index contributed by atoms with van der Waals surface area (Å²) >= 11 is 0. The number of hydrogen-bond donors (Lipinski definition) is 4. The number of aliphatic carboxylic acids is 2. The number of aromatic nitrogens is 4. The largest absolute Gasteiger partial charge is 0.490 e. The van der Waals surface area contributed by atoms with Crippen molar-refractivity contribution in [3.05, 3.63) is 48.7 Å². The van der Waals surface area contributed by atoms with Crippen molar-refractivity contribution in [2.75, 3.05) is 18.8 Å². The second-order valence-corrected chi connectivity index (χ2v) is 8.58. The molecule has 1 fully saturated rings. The fraction of sp³-hybridized carbons (Fsp3) is 0.292. The van der Waals surface area contributed by atoms with Crippen LogP contribution in [-0.2, 0) is 9.59 Å². The van der Waals surface area contributed by atoms with Crippen LogP contribution in [0.4, 0.5) is 36.6 Å². The molecule has 18 heteroatoms. The van der Waals surface area contributed by atoms with Gasteiger partial charge >= 0.3 is 24.3 Å². The van der Waals surface area contributed by atoms with Crippen LogP contribution < -0.4 is 11.1 Å². The van der Waals surface area contributed by atoms with Gasteiger partial charge in [-0.05, 0) is 44.1 Å². The van der Waals surface area contributed by atoms with Crippen molar-refractivity contribution in [3.63, 3.8) is 0 Å². The molecule has 4 aromatic rings. The van der Waals surface area contributed by atoms with Crippen LogP contribution >= 0.6 is 0 Å². The maximum absolute atomic E-state index is 13.4. The average molecular weight is 606 g/mol. The number of nitrogen functional groups attached to an aromatic ring is 1. The molecular weight excluding hydrogens is 585 g/mol. The molecule has 0 bridgehead atoms. The monoisotopic (exact) mass is 606 g/mol. The number of carboxylic acid groups (broad SMARTS) is 2. The molecule has 11 nitrogen and oxygen atoms in total. The quantitative estimate of drug-likeness (QED) is 0.241. The van der Waals surface area contributed by atoms with E-state index < -0.39 is 24.3 Å². The summed E-state index contributed by atoms with van der Waals surface area (Å²) in [5.74, 6) is -5.26. The molecule has 0 saturated carbocycles. The summed E-state index contributed by atoms with van der Waals surface area (Å²) in [4.78, 5) is 26.5. The van der Waals surface area contributed by atoms with Crippen LogP contribution in [0.1, 0.15) is 18.9 Å². The number of nitrogens with one attached hydrogen (secondary N) is 1. The fourth-order valence-electron chi connectivity index (χ4n) is 3.58. The van der Waals surface area contributed by atoms with E-state index in [0.29, 0.717) is 34.4 Å². The fourth-order valence-corrected chi connectivity index (χ4v) is 3.58. The van der Waals surface area contributed by atoms with Crippen molar-refractivity contribution >= 4 is 28.9 Å². The van der Waals surface area contributed by atoms with E-state index in [1.807, 2.05) is 23.1 Å². The lowest BCUT2D eigenvalue weighted by Gasteiger charge is -2.22. The molecule has 0 amide bonds. The highest BCUT2D eigenvalue weighted by molar-refractivity contribution is 5.80. The number of fused-ring (bicyclic) bond motifs is 1. The van der Waals surface area contributed by atoms with Gasteiger partial charge in [0, 0.05) is 29.6 Å². The molecule has 1 aliphatic rings. The van der Waals surface area contributed by atoms with Gasteiger partial charge < -0.3 is 25.7 Å². The number of piperidine rings is 1. The Labute approximate surface area is 230 Å². The maximum Gasteiger partial charge on any atom is 0.490 e. The third kappa shape index (κ3) is 8.38. The van der Waals surface area contributed by atoms with Gasteiger partial charge in [-0.3, -0.25) is 4.68 Å². The van der Waals surface area contributed by atoms with Crippen molar-refractivity contribution in [1.29, 1.82) is 0 Å². The van der Waals surface area contributed by atoms with Crippen LogP contribution in [0.15, 0.2) is 47.3 Å². The summed E-state index contributed by atoms with van der Waals surface area (Å²) < 4.78 is 84.6. The number of oxazole rings is 1. The van der Waals surface area contributed by atoms with Gasteiger partial charge in [0.1, 0.15) is 17.2 Å². The Morgan fingerprint density at radius 2 is 1.57 bits per heavy atom. The first-order valence-electron chi connectivity index (χ1n) is 11.7. The molecule has 0 aliphatic carbocycles. The van der Waals surface area contributed by atoms with Crippen LogP contribution in [-0.4, -0.2) is 67.3 Å². The second kappa shape index (κ2) is 12.8. The minimum Gasteiger partial charge on any atom is -0.475 e. The van der Waals surface area contributed by atoms with Gasteiger partial charge in [0.25, 0.3) is 0 Å². The zero-order valence-corrected chi connectivity index (χ0v) is 21.1. The molecule has 1 aliphatic heterocycles. The lowest BCUT2D eigenvalue weighted by Crippen LogP contribution is -2.29. The maximum atomic E-state index is 13.4. The number of halogens is 7. The van der Waals surface area contributed by atoms with Crippen LogP contribution in [0, 0.1) is 5.82 Å². The van der Waals surface area contributed by atoms with E-state index in [9.17, 15) is 30.7 Å². The van der Waals surface area contributed by atoms with Crippen molar-refractivity contribution in [1.82, 2.24) is 25.1 Å². The highest BCUT2D eigenvalue weighted by atomic mass is 19.4. The molecule has 3 aromatic heterocycles. The molecule has 42 heavy (non-hydrogen) atoms. The second-order valence-electron chi connectivity index (χ2n) is 8.58. The summed E-state index contributed by atoms with van der Waals surface area (Å²) in [6.07, 6.45) is -2.46. The van der Waals surface area contributed by atoms with E-state index in [-0.39, 0.29) is 5.82 Å². The first-order valence-corrected chi connectivity index (χ1v) is 11.7. The van der Waals surface area contributed by atoms with Crippen LogP contribution in [0.25, 0.3) is 33.7 Å². The van der Waals surface area contributed by atoms with E-state index in [2.05, 4.69) is 20.4 Å². The SMILES string of the molecule is Nc1ncc(-c2cnn(C3CCNCC3)c2)cc1-c1nc2ccc(F)cc2o1.O=C(O)C(F)(F)F.O=C(O)C(F)(F)F. The lowest BCUT2D eigenvalue weighted by molar-refractivity contribution is -0.193. The Bertz CT molecular complexity index is 1520. The Morgan fingerprint density at radius 1 is 0.976 bits per heavy atom. The zero-order chi connectivity index (χ0) is 31.2. The Hall–Kier alpha value is -4.74. The molecule has 0 radical (unpaired) electrons. The van der Waals surface area contributed by atoms with Gasteiger partial charge in [0.2, 0.25) is 5.89 Å². The topological polar surface area (TPSA) is 169 Å². The number of alkyl halides is 6. The summed E-state index contributed by atoms with van der Waals surface area (Å²) in [6, 6.07) is 6.52. The number of benzene rings is 1.